The fourth-order valence-electron chi connectivity index (χ4n) is 7.99. The molecule has 21 nitrogen and oxygen atoms in total. The molecule has 22 heteroatoms. The minimum absolute atomic E-state index is 0.169. The quantitative estimate of drug-likeness (QED) is 0.0182. The summed E-state index contributed by atoms with van der Waals surface area (Å²) < 4.78 is 51.2. The van der Waals surface area contributed by atoms with Gasteiger partial charge in [0.1, 0.15) is 67.1 Å². The molecular weight excluding hydrogens is 905 g/mol. The third-order valence-electron chi connectivity index (χ3n) is 12.1. The fourth-order valence-corrected chi connectivity index (χ4v) is 8.89. The zero-order chi connectivity index (χ0) is 49.8. The van der Waals surface area contributed by atoms with Crippen molar-refractivity contribution < 1.29 is 97.4 Å². The van der Waals surface area contributed by atoms with Crippen LogP contribution in [0.15, 0.2) is 0 Å². The SMILES string of the molecule is CCCCCCCCCCCCCCC(=O)O[C@H](OC(=O)CCCCCCCCCCCCC)OP(=O)(O)O[C@@H]1[C@H](O[C@@H]2O[C@H](CO)[C@@H](O)[C@H](O)[C@@H]2O)[C@H](O)[C@@H](O)[C@H](O)[C@H]1OC[C@H](N)C(=O)O. The maximum absolute atomic E-state index is 13.9. The summed E-state index contributed by atoms with van der Waals surface area (Å²) in [4.78, 5) is 48.7. The number of hydrogen-bond acceptors (Lipinski definition) is 19. The molecule has 0 aromatic rings. The first-order chi connectivity index (χ1) is 32.0. The van der Waals surface area contributed by atoms with E-state index in [4.69, 9.17) is 38.5 Å². The van der Waals surface area contributed by atoms with Gasteiger partial charge in [0.2, 0.25) is 0 Å². The minimum atomic E-state index is -5.77. The number of phosphoric acid groups is 1. The van der Waals surface area contributed by atoms with Crippen LogP contribution in [0.2, 0.25) is 0 Å². The highest BCUT2D eigenvalue weighted by Crippen LogP contribution is 2.49. The number of hydrogen-bond donors (Lipinski definition) is 10. The lowest BCUT2D eigenvalue weighted by atomic mass is 9.84. The van der Waals surface area contributed by atoms with Crippen molar-refractivity contribution in [3.8, 4) is 0 Å². The number of carbonyl (C=O) groups excluding carboxylic acids is 2. The summed E-state index contributed by atoms with van der Waals surface area (Å²) in [7, 11) is -5.77. The molecule has 1 unspecified atom stereocenters. The molecule has 2 rings (SSSR count). The van der Waals surface area contributed by atoms with E-state index in [-0.39, 0.29) is 12.8 Å². The fraction of sp³-hybridized carbons (Fsp3) is 0.933. The number of carboxylic acids is 1. The Hall–Kier alpha value is -1.92. The number of ether oxygens (including phenoxy) is 5. The van der Waals surface area contributed by atoms with Crippen LogP contribution in [0.1, 0.15) is 174 Å². The van der Waals surface area contributed by atoms with E-state index in [0.29, 0.717) is 25.7 Å². The van der Waals surface area contributed by atoms with Gasteiger partial charge in [0, 0.05) is 12.8 Å². The van der Waals surface area contributed by atoms with E-state index in [2.05, 4.69) is 13.8 Å². The van der Waals surface area contributed by atoms with Gasteiger partial charge in [0.15, 0.2) is 6.29 Å². The molecule has 1 heterocycles. The highest BCUT2D eigenvalue weighted by Gasteiger charge is 2.56. The average Bonchev–Trinajstić information content (AvgIpc) is 3.28. The predicted octanol–water partition coefficient (Wildman–Crippen LogP) is 3.73. The van der Waals surface area contributed by atoms with E-state index in [0.717, 1.165) is 51.4 Å². The van der Waals surface area contributed by atoms with Crippen molar-refractivity contribution in [1.82, 2.24) is 0 Å². The van der Waals surface area contributed by atoms with E-state index >= 15 is 0 Å². The lowest BCUT2D eigenvalue weighted by molar-refractivity contribution is -0.340. The number of carboxylic acid groups (broad SMARTS) is 1. The molecule has 1 saturated heterocycles. The molecule has 394 valence electrons. The first-order valence-corrected chi connectivity index (χ1v) is 26.2. The van der Waals surface area contributed by atoms with Gasteiger partial charge in [-0.15, -0.1) is 0 Å². The summed E-state index contributed by atoms with van der Waals surface area (Å²) in [5, 5.41) is 83.2. The number of aliphatic carboxylic acids is 1. The zero-order valence-electron chi connectivity index (χ0n) is 39.6. The van der Waals surface area contributed by atoms with Crippen molar-refractivity contribution in [2.24, 2.45) is 5.73 Å². The second-order valence-corrected chi connectivity index (χ2v) is 19.2. The second-order valence-electron chi connectivity index (χ2n) is 17.8. The number of unbranched alkanes of at least 4 members (excludes halogenated alkanes) is 21. The van der Waals surface area contributed by atoms with E-state index in [1.165, 1.54) is 70.6 Å². The summed E-state index contributed by atoms with van der Waals surface area (Å²) in [5.74, 6) is -3.46. The van der Waals surface area contributed by atoms with Crippen LogP contribution in [-0.4, -0.2) is 157 Å². The Labute approximate surface area is 395 Å². The smallest absolute Gasteiger partial charge is 0.478 e. The number of carbonyl (C=O) groups is 3. The highest BCUT2D eigenvalue weighted by atomic mass is 31.2. The highest BCUT2D eigenvalue weighted by molar-refractivity contribution is 7.47. The largest absolute Gasteiger partial charge is 0.480 e. The Balaban J connectivity index is 2.22. The molecule has 2 fully saturated rings. The minimum Gasteiger partial charge on any atom is -0.480 e. The van der Waals surface area contributed by atoms with Crippen LogP contribution in [-0.2, 0) is 51.7 Å². The standard InChI is InChI=1S/C45H84NO20P/c1-3-5-7-9-11-13-15-17-19-21-23-25-27-33(49)63-45(62-32(48)26-24-22-20-18-16-14-12-10-8-6-4-2)66-67(58,59)65-42-40(60-29-30(46)43(56)57)37(53)36(52)38(54)41(42)64-44-39(55)35(51)34(50)31(28-47)61-44/h30-31,34-42,44-45,47,50-55H,3-29,46H2,1-2H3,(H,56,57)(H,58,59)/t30-,31+,34+,35-,36-,37-,38+,39-,40+,41+,42-,44-,45-/m0/s1. The van der Waals surface area contributed by atoms with Gasteiger partial charge in [-0.2, -0.15) is 0 Å². The van der Waals surface area contributed by atoms with Gasteiger partial charge in [-0.25, -0.2) is 9.09 Å². The van der Waals surface area contributed by atoms with Gasteiger partial charge in [-0.1, -0.05) is 149 Å². The van der Waals surface area contributed by atoms with Crippen molar-refractivity contribution in [2.75, 3.05) is 13.2 Å². The Kier molecular flexibility index (Phi) is 31.4. The molecule has 0 spiro atoms. The van der Waals surface area contributed by atoms with E-state index < -0.39 is 119 Å². The molecule has 1 saturated carbocycles. The number of phosphoric ester groups is 1. The Bertz CT molecular complexity index is 1400. The topological polar surface area (TPSA) is 341 Å². The monoisotopic (exact) mass is 990 g/mol. The van der Waals surface area contributed by atoms with Crippen molar-refractivity contribution >= 4 is 25.7 Å². The van der Waals surface area contributed by atoms with Gasteiger partial charge in [0.05, 0.1) is 13.2 Å². The summed E-state index contributed by atoms with van der Waals surface area (Å²) >= 11 is 0. The third kappa shape index (κ3) is 23.7. The molecule has 67 heavy (non-hydrogen) atoms. The van der Waals surface area contributed by atoms with Crippen LogP contribution in [0.25, 0.3) is 0 Å². The molecule has 14 atom stereocenters. The zero-order valence-corrected chi connectivity index (χ0v) is 40.5. The Morgan fingerprint density at radius 1 is 0.582 bits per heavy atom. The molecule has 0 aromatic heterocycles. The molecule has 1 aliphatic heterocycles. The van der Waals surface area contributed by atoms with Gasteiger partial charge in [-0.05, 0) is 12.8 Å². The Morgan fingerprint density at radius 3 is 1.40 bits per heavy atom. The molecule has 0 aromatic carbocycles. The van der Waals surface area contributed by atoms with Crippen molar-refractivity contribution in [2.45, 2.75) is 254 Å². The molecule has 0 radical (unpaired) electrons. The number of aliphatic hydroxyl groups is 7. The molecular formula is C45H84NO20P. The van der Waals surface area contributed by atoms with Crippen LogP contribution >= 0.6 is 7.82 Å². The van der Waals surface area contributed by atoms with E-state index in [1.54, 1.807) is 0 Å². The summed E-state index contributed by atoms with van der Waals surface area (Å²) in [5.41, 5.74) is 5.57. The van der Waals surface area contributed by atoms with Gasteiger partial charge >= 0.3 is 32.2 Å². The first kappa shape index (κ1) is 61.2. The van der Waals surface area contributed by atoms with E-state index in [1.807, 2.05) is 0 Å². The third-order valence-corrected chi connectivity index (χ3v) is 13.0. The lowest BCUT2D eigenvalue weighted by Crippen LogP contribution is -2.68. The van der Waals surface area contributed by atoms with Crippen LogP contribution < -0.4 is 5.73 Å². The van der Waals surface area contributed by atoms with Crippen molar-refractivity contribution in [1.29, 1.82) is 0 Å². The summed E-state index contributed by atoms with van der Waals surface area (Å²) in [6, 6.07) is -1.76. The number of esters is 2. The lowest BCUT2D eigenvalue weighted by Gasteiger charge is -2.48. The Morgan fingerprint density at radius 2 is 0.985 bits per heavy atom. The number of aliphatic hydroxyl groups excluding tert-OH is 7. The number of rotatable bonds is 38. The van der Waals surface area contributed by atoms with Gasteiger partial charge < -0.3 is 75.2 Å². The maximum Gasteiger partial charge on any atom is 0.478 e. The average molecular weight is 990 g/mol. The van der Waals surface area contributed by atoms with Crippen LogP contribution in [0.5, 0.6) is 0 Å². The molecule has 1 aliphatic carbocycles. The predicted molar refractivity (Wildman–Crippen MR) is 241 cm³/mol. The van der Waals surface area contributed by atoms with Crippen LogP contribution in [0.3, 0.4) is 0 Å². The molecule has 0 bridgehead atoms. The van der Waals surface area contributed by atoms with Crippen molar-refractivity contribution in [3.63, 3.8) is 0 Å². The molecule has 11 N–H and O–H groups in total. The van der Waals surface area contributed by atoms with Gasteiger partial charge in [-0.3, -0.25) is 18.9 Å². The van der Waals surface area contributed by atoms with Crippen molar-refractivity contribution in [3.05, 3.63) is 0 Å². The normalized spacial score (nSPS) is 28.4. The van der Waals surface area contributed by atoms with Crippen LogP contribution in [0, 0.1) is 0 Å². The first-order valence-electron chi connectivity index (χ1n) is 24.7. The molecule has 0 amide bonds. The number of nitrogens with two attached hydrogens (primary N) is 1. The van der Waals surface area contributed by atoms with Gasteiger partial charge in [0.25, 0.3) is 0 Å². The molecule has 2 aliphatic rings. The summed E-state index contributed by atoms with van der Waals surface area (Å²) in [6.07, 6.45) is 0.346. The second kappa shape index (κ2) is 34.4. The van der Waals surface area contributed by atoms with Crippen LogP contribution in [0.4, 0.5) is 0 Å². The van der Waals surface area contributed by atoms with E-state index in [9.17, 15) is 64.7 Å². The maximum atomic E-state index is 13.9. The summed E-state index contributed by atoms with van der Waals surface area (Å²) in [6.45, 7) is 0.0651.